The number of aromatic hydroxyl groups is 1. The van der Waals surface area contributed by atoms with Crippen molar-refractivity contribution in [2.45, 2.75) is 88.4 Å². The molecular formula is C39H45ClN2O11. The van der Waals surface area contributed by atoms with Crippen molar-refractivity contribution in [1.82, 2.24) is 10.6 Å². The van der Waals surface area contributed by atoms with Crippen LogP contribution in [0.25, 0.3) is 6.08 Å². The molecule has 53 heavy (non-hydrogen) atoms. The highest BCUT2D eigenvalue weighted by atomic mass is 35.5. The summed E-state index contributed by atoms with van der Waals surface area (Å²) in [7, 11) is 0. The van der Waals surface area contributed by atoms with Gasteiger partial charge in [-0.25, -0.2) is 0 Å². The van der Waals surface area contributed by atoms with Gasteiger partial charge in [0.05, 0.1) is 17.2 Å². The largest absolute Gasteiger partial charge is 0.504 e. The van der Waals surface area contributed by atoms with Crippen molar-refractivity contribution in [2.75, 3.05) is 13.4 Å². The Bertz CT molecular complexity index is 1790. The quantitative estimate of drug-likeness (QED) is 0.100. The normalized spacial score (nSPS) is 28.8. The van der Waals surface area contributed by atoms with Gasteiger partial charge in [0.2, 0.25) is 12.2 Å². The summed E-state index contributed by atoms with van der Waals surface area (Å²) in [6.07, 6.45) is -4.79. The fraction of sp³-hybridized carbons (Fsp3) is 0.410. The Morgan fingerprint density at radius 2 is 1.62 bits per heavy atom. The fourth-order valence-corrected chi connectivity index (χ4v) is 6.87. The second kappa shape index (κ2) is 17.4. The van der Waals surface area contributed by atoms with Crippen LogP contribution >= 0.6 is 11.6 Å². The third kappa shape index (κ3) is 9.38. The smallest absolute Gasteiger partial charge is 0.247 e. The molecule has 0 aromatic heterocycles. The maximum Gasteiger partial charge on any atom is 0.247 e. The third-order valence-electron chi connectivity index (χ3n) is 9.56. The first kappa shape index (κ1) is 38.7. The van der Waals surface area contributed by atoms with Crippen LogP contribution in [0.4, 0.5) is 0 Å². The van der Waals surface area contributed by atoms with Gasteiger partial charge in [-0.2, -0.15) is 0 Å². The SMILES string of the molecule is C/C(=C\c1ccc(O[C@H]2C[C@H](O)[C@@H](/C(C)=C/COc3ccc(CNCc4ccccc4)cc3Cl)O2)c(O)c1)C(=O)N[C@@H]1[C@H](O)[C@@H](O)[C@H]2OCO[C@H]2[C@@H]1O. The number of nitrogens with one attached hydrogen (secondary N) is 2. The first-order valence-electron chi connectivity index (χ1n) is 17.4. The molecule has 3 aromatic carbocycles. The molecule has 2 saturated heterocycles. The van der Waals surface area contributed by atoms with Gasteiger partial charge >= 0.3 is 0 Å². The lowest BCUT2D eigenvalue weighted by atomic mass is 9.83. The van der Waals surface area contributed by atoms with Gasteiger partial charge in [-0.1, -0.05) is 54.1 Å². The Labute approximate surface area is 312 Å². The highest BCUT2D eigenvalue weighted by Crippen LogP contribution is 2.34. The number of carbonyl (C=O) groups excluding carboxylic acids is 1. The Balaban J connectivity index is 0.974. The van der Waals surface area contributed by atoms with E-state index in [4.69, 9.17) is 35.3 Å². The summed E-state index contributed by atoms with van der Waals surface area (Å²) in [4.78, 5) is 12.9. The number of fused-ring (bicyclic) bond motifs is 1. The zero-order valence-corrected chi connectivity index (χ0v) is 30.1. The van der Waals surface area contributed by atoms with Crippen molar-refractivity contribution in [1.29, 1.82) is 0 Å². The standard InChI is InChI=1S/C39H45ClN2O11/c1-21(12-13-49-29-10-9-25(15-26(29)40)19-41-18-23-6-4-3-5-7-23)36-28(44)17-31(53-36)52-30-11-8-24(16-27(30)43)14-22(2)39(48)42-32-33(45)35(47)38-37(34(32)46)50-20-51-38/h3-12,14-16,28,31-38,41,43-47H,13,17-20H2,1-2H3,(H,42,48)/b21-12+,22-14+/t28-,31+,32+,33-,34+,35+,36+,37-,38+/m0/s1. The van der Waals surface area contributed by atoms with Crippen molar-refractivity contribution >= 4 is 23.6 Å². The molecule has 0 radical (unpaired) electrons. The minimum absolute atomic E-state index is 0.121. The molecule has 0 bridgehead atoms. The molecule has 6 rings (SSSR count). The molecule has 1 aliphatic carbocycles. The lowest BCUT2D eigenvalue weighted by Crippen LogP contribution is -2.67. The molecule has 7 N–H and O–H groups in total. The second-order valence-electron chi connectivity index (χ2n) is 13.4. The lowest BCUT2D eigenvalue weighted by Gasteiger charge is -2.41. The van der Waals surface area contributed by atoms with Crippen molar-refractivity contribution in [3.63, 3.8) is 0 Å². The van der Waals surface area contributed by atoms with Crippen LogP contribution in [-0.2, 0) is 32.1 Å². The van der Waals surface area contributed by atoms with Crippen LogP contribution in [0.2, 0.25) is 5.02 Å². The van der Waals surface area contributed by atoms with Crippen molar-refractivity contribution in [2.24, 2.45) is 0 Å². The summed E-state index contributed by atoms with van der Waals surface area (Å²) in [6.45, 7) is 4.83. The average Bonchev–Trinajstić information content (AvgIpc) is 3.78. The van der Waals surface area contributed by atoms with Crippen LogP contribution in [-0.4, -0.2) is 99.9 Å². The summed E-state index contributed by atoms with van der Waals surface area (Å²) < 4.78 is 28.3. The first-order valence-corrected chi connectivity index (χ1v) is 17.8. The third-order valence-corrected chi connectivity index (χ3v) is 9.85. The average molecular weight is 753 g/mol. The molecule has 3 aliphatic rings. The van der Waals surface area contributed by atoms with Crippen molar-refractivity contribution in [3.05, 3.63) is 106 Å². The van der Waals surface area contributed by atoms with Crippen LogP contribution in [0.3, 0.4) is 0 Å². The molecule has 284 valence electrons. The first-order chi connectivity index (χ1) is 25.5. The highest BCUT2D eigenvalue weighted by molar-refractivity contribution is 6.32. The molecule has 0 spiro atoms. The van der Waals surface area contributed by atoms with Crippen molar-refractivity contribution < 1.29 is 54.0 Å². The van der Waals surface area contributed by atoms with Gasteiger partial charge in [-0.15, -0.1) is 0 Å². The number of ether oxygens (including phenoxy) is 5. The fourth-order valence-electron chi connectivity index (χ4n) is 6.62. The molecule has 3 aromatic rings. The van der Waals surface area contributed by atoms with Gasteiger partial charge in [0.15, 0.2) is 11.5 Å². The maximum absolute atomic E-state index is 12.9. The Morgan fingerprint density at radius 1 is 0.906 bits per heavy atom. The zero-order valence-electron chi connectivity index (χ0n) is 29.3. The van der Waals surface area contributed by atoms with Gasteiger partial charge in [0.25, 0.3) is 0 Å². The maximum atomic E-state index is 12.9. The number of aliphatic hydroxyl groups excluding tert-OH is 4. The number of hydrogen-bond acceptors (Lipinski definition) is 12. The van der Waals surface area contributed by atoms with E-state index in [2.05, 4.69) is 22.8 Å². The molecule has 1 amide bonds. The number of aliphatic hydroxyl groups is 4. The molecule has 2 aliphatic heterocycles. The van der Waals surface area contributed by atoms with E-state index in [1.54, 1.807) is 6.07 Å². The molecular weight excluding hydrogens is 708 g/mol. The summed E-state index contributed by atoms with van der Waals surface area (Å²) in [5, 5.41) is 59.4. The van der Waals surface area contributed by atoms with E-state index in [9.17, 15) is 30.3 Å². The lowest BCUT2D eigenvalue weighted by molar-refractivity contribution is -0.155. The van der Waals surface area contributed by atoms with E-state index in [-0.39, 0.29) is 36.9 Å². The summed E-state index contributed by atoms with van der Waals surface area (Å²) >= 11 is 6.49. The van der Waals surface area contributed by atoms with E-state index >= 15 is 0 Å². The minimum Gasteiger partial charge on any atom is -0.504 e. The van der Waals surface area contributed by atoms with Crippen LogP contribution in [0, 0.1) is 0 Å². The van der Waals surface area contributed by atoms with E-state index < -0.39 is 61.0 Å². The van der Waals surface area contributed by atoms with Crippen molar-refractivity contribution in [3.8, 4) is 17.2 Å². The predicted molar refractivity (Wildman–Crippen MR) is 194 cm³/mol. The molecule has 3 fully saturated rings. The number of carbonyl (C=O) groups is 1. The zero-order chi connectivity index (χ0) is 37.6. The van der Waals surface area contributed by atoms with Gasteiger partial charge in [0.1, 0.15) is 55.8 Å². The van der Waals surface area contributed by atoms with Crippen LogP contribution in [0.1, 0.15) is 37.0 Å². The van der Waals surface area contributed by atoms with Crippen LogP contribution < -0.4 is 20.1 Å². The molecule has 2 heterocycles. The summed E-state index contributed by atoms with van der Waals surface area (Å²) in [6, 6.07) is 19.1. The van der Waals surface area contributed by atoms with Gasteiger partial charge in [0, 0.05) is 25.1 Å². The highest BCUT2D eigenvalue weighted by Gasteiger charge is 2.53. The summed E-state index contributed by atoms with van der Waals surface area (Å²) in [5.74, 6) is -0.157. The number of rotatable bonds is 13. The van der Waals surface area contributed by atoms with E-state index in [1.807, 2.05) is 49.4 Å². The molecule has 14 heteroatoms. The Morgan fingerprint density at radius 3 is 2.36 bits per heavy atom. The topological polar surface area (TPSA) is 188 Å². The van der Waals surface area contributed by atoms with Gasteiger partial charge < -0.3 is 59.9 Å². The Hall–Kier alpha value is -4.02. The minimum atomic E-state index is -1.48. The summed E-state index contributed by atoms with van der Waals surface area (Å²) in [5.41, 5.74) is 3.65. The number of phenols is 1. The van der Waals surface area contributed by atoms with Gasteiger partial charge in [-0.3, -0.25) is 4.79 Å². The molecule has 13 nitrogen and oxygen atoms in total. The molecule has 1 saturated carbocycles. The predicted octanol–water partition coefficient (Wildman–Crippen LogP) is 2.94. The Kier molecular flexibility index (Phi) is 12.7. The van der Waals surface area contributed by atoms with Gasteiger partial charge in [-0.05, 0) is 72.5 Å². The molecule has 9 atom stereocenters. The van der Waals surface area contributed by atoms with Crippen LogP contribution in [0.15, 0.2) is 84.0 Å². The number of benzene rings is 3. The van der Waals surface area contributed by atoms with E-state index in [0.29, 0.717) is 22.9 Å². The van der Waals surface area contributed by atoms with E-state index in [0.717, 1.165) is 17.7 Å². The number of hydrogen-bond donors (Lipinski definition) is 7. The molecule has 0 unspecified atom stereocenters. The van der Waals surface area contributed by atoms with E-state index in [1.165, 1.54) is 30.7 Å². The number of halogens is 1. The monoisotopic (exact) mass is 752 g/mol. The van der Waals surface area contributed by atoms with Crippen LogP contribution in [0.5, 0.6) is 17.2 Å². The second-order valence-corrected chi connectivity index (χ2v) is 13.8. The number of phenolic OH excluding ortho intramolecular Hbond substituents is 1. The number of amides is 1.